The van der Waals surface area contributed by atoms with Gasteiger partial charge in [0.05, 0.1) is 6.10 Å². The number of rotatable bonds is 5. The van der Waals surface area contributed by atoms with Gasteiger partial charge in [0, 0.05) is 6.61 Å². The number of allylic oxidation sites excluding steroid dienone is 1. The van der Waals surface area contributed by atoms with Crippen LogP contribution >= 0.6 is 0 Å². The first kappa shape index (κ1) is 20.8. The van der Waals surface area contributed by atoms with Gasteiger partial charge in [-0.3, -0.25) is 0 Å². The van der Waals surface area contributed by atoms with Gasteiger partial charge in [0.2, 0.25) is 0 Å². The first-order chi connectivity index (χ1) is 9.90. The van der Waals surface area contributed by atoms with Crippen LogP contribution < -0.4 is 0 Å². The Morgan fingerprint density at radius 1 is 1.27 bits per heavy atom. The summed E-state index contributed by atoms with van der Waals surface area (Å²) in [4.78, 5) is 0. The highest BCUT2D eigenvalue weighted by Gasteiger charge is 2.27. The lowest BCUT2D eigenvalue weighted by Gasteiger charge is -2.17. The first-order valence-corrected chi connectivity index (χ1v) is 7.61. The summed E-state index contributed by atoms with van der Waals surface area (Å²) in [6, 6.07) is 10.7. The van der Waals surface area contributed by atoms with Gasteiger partial charge >= 0.3 is 0 Å². The van der Waals surface area contributed by atoms with Crippen LogP contribution in [0.5, 0.6) is 0 Å². The average Bonchev–Trinajstić information content (AvgIpc) is 2.83. The molecule has 0 aliphatic carbocycles. The zero-order valence-corrected chi connectivity index (χ0v) is 13.2. The van der Waals surface area contributed by atoms with Gasteiger partial charge in [0.1, 0.15) is 0 Å². The highest BCUT2D eigenvalue weighted by Crippen LogP contribution is 2.27. The molecular formula is C19H32O3. The fourth-order valence-corrected chi connectivity index (χ4v) is 2.44. The molecule has 0 amide bonds. The highest BCUT2D eigenvalue weighted by molar-refractivity contribution is 5.15. The largest absolute Gasteiger partial charge is 0.378 e. The van der Waals surface area contributed by atoms with E-state index in [0.29, 0.717) is 12.0 Å². The molecule has 1 aliphatic rings. The summed E-state index contributed by atoms with van der Waals surface area (Å²) in [5, 5.41) is 16.2. The van der Waals surface area contributed by atoms with E-state index in [0.717, 1.165) is 25.9 Å². The fraction of sp³-hybridized carbons (Fsp3) is 0.579. The number of hydrogen-bond acceptors (Lipinski definition) is 3. The maximum Gasteiger partial charge on any atom is 0.156 e. The third kappa shape index (κ3) is 9.72. The maximum atomic E-state index is 8.08. The summed E-state index contributed by atoms with van der Waals surface area (Å²) in [5.41, 5.74) is 1.43. The summed E-state index contributed by atoms with van der Waals surface area (Å²) < 4.78 is 5.79. The van der Waals surface area contributed by atoms with Crippen LogP contribution in [-0.4, -0.2) is 28.7 Å². The maximum absolute atomic E-state index is 8.08. The number of benzene rings is 1. The normalized spacial score (nSPS) is 20.5. The molecule has 1 heterocycles. The van der Waals surface area contributed by atoms with Crippen molar-refractivity contribution in [3.63, 3.8) is 0 Å². The summed E-state index contributed by atoms with van der Waals surface area (Å²) >= 11 is 0. The van der Waals surface area contributed by atoms with Crippen molar-refractivity contribution in [1.29, 1.82) is 0 Å². The topological polar surface area (TPSA) is 49.7 Å². The van der Waals surface area contributed by atoms with Gasteiger partial charge in [-0.05, 0) is 51.0 Å². The predicted molar refractivity (Wildman–Crippen MR) is 92.7 cm³/mol. The Bertz CT molecular complexity index is 389. The molecule has 0 saturated carbocycles. The van der Waals surface area contributed by atoms with Gasteiger partial charge in [-0.25, -0.2) is 0 Å². The molecule has 0 bridgehead atoms. The molecule has 3 heteroatoms. The van der Waals surface area contributed by atoms with Crippen LogP contribution in [-0.2, 0) is 11.2 Å². The molecule has 126 valence electrons. The van der Waals surface area contributed by atoms with E-state index in [1.54, 1.807) is 0 Å². The molecule has 3 nitrogen and oxygen atoms in total. The van der Waals surface area contributed by atoms with E-state index in [2.05, 4.69) is 36.9 Å². The molecule has 0 radical (unpaired) electrons. The lowest BCUT2D eigenvalue weighted by Crippen LogP contribution is -2.17. The summed E-state index contributed by atoms with van der Waals surface area (Å²) in [6.07, 6.45) is 6.98. The van der Waals surface area contributed by atoms with E-state index in [-0.39, 0.29) is 7.43 Å². The molecule has 1 saturated heterocycles. The molecule has 2 N–H and O–H groups in total. The Balaban J connectivity index is 0.000000644. The minimum absolute atomic E-state index is 0. The molecular weight excluding hydrogens is 276 g/mol. The van der Waals surface area contributed by atoms with Gasteiger partial charge in [-0.1, -0.05) is 43.8 Å². The Hall–Kier alpha value is -1.16. The van der Waals surface area contributed by atoms with Gasteiger partial charge < -0.3 is 14.9 Å². The van der Waals surface area contributed by atoms with Crippen LogP contribution in [0, 0.1) is 5.92 Å². The van der Waals surface area contributed by atoms with Crippen molar-refractivity contribution in [2.75, 3.05) is 6.61 Å². The van der Waals surface area contributed by atoms with Crippen LogP contribution in [0.25, 0.3) is 0 Å². The van der Waals surface area contributed by atoms with Crippen LogP contribution in [0.1, 0.15) is 46.1 Å². The second-order valence-electron chi connectivity index (χ2n) is 6.01. The third-order valence-electron chi connectivity index (χ3n) is 3.34. The van der Waals surface area contributed by atoms with Crippen LogP contribution in [0.3, 0.4) is 0 Å². The number of aliphatic hydroxyl groups is 2. The molecule has 1 aliphatic heterocycles. The van der Waals surface area contributed by atoms with Crippen LogP contribution in [0.4, 0.5) is 0 Å². The van der Waals surface area contributed by atoms with Crippen LogP contribution in [0.2, 0.25) is 0 Å². The SMILES string of the molecule is C.C=CCCC1OCCC1Cc1ccccc1.CC(C)(O)O. The lowest BCUT2D eigenvalue weighted by molar-refractivity contribution is -0.127. The van der Waals surface area contributed by atoms with Crippen molar-refractivity contribution in [2.45, 2.75) is 58.8 Å². The highest BCUT2D eigenvalue weighted by atomic mass is 16.5. The Labute approximate surface area is 135 Å². The molecule has 2 unspecified atom stereocenters. The zero-order valence-electron chi connectivity index (χ0n) is 13.2. The van der Waals surface area contributed by atoms with E-state index >= 15 is 0 Å². The summed E-state index contributed by atoms with van der Waals surface area (Å²) in [6.45, 7) is 7.30. The minimum Gasteiger partial charge on any atom is -0.378 e. The van der Waals surface area contributed by atoms with Crippen molar-refractivity contribution in [2.24, 2.45) is 5.92 Å². The van der Waals surface area contributed by atoms with E-state index in [1.165, 1.54) is 25.8 Å². The van der Waals surface area contributed by atoms with Crippen molar-refractivity contribution >= 4 is 0 Å². The molecule has 2 atom stereocenters. The molecule has 2 rings (SSSR count). The molecule has 22 heavy (non-hydrogen) atoms. The van der Waals surface area contributed by atoms with Gasteiger partial charge in [0.15, 0.2) is 5.79 Å². The molecule has 1 aromatic rings. The average molecular weight is 308 g/mol. The Kier molecular flexibility index (Phi) is 9.99. The summed E-state index contributed by atoms with van der Waals surface area (Å²) in [7, 11) is 0. The van der Waals surface area contributed by atoms with Crippen LogP contribution in [0.15, 0.2) is 43.0 Å². The van der Waals surface area contributed by atoms with Crippen molar-refractivity contribution in [1.82, 2.24) is 0 Å². The number of ether oxygens (including phenoxy) is 1. The predicted octanol–water partition coefficient (Wildman–Crippen LogP) is 3.94. The van der Waals surface area contributed by atoms with E-state index in [9.17, 15) is 0 Å². The monoisotopic (exact) mass is 308 g/mol. The van der Waals surface area contributed by atoms with Gasteiger partial charge in [-0.15, -0.1) is 6.58 Å². The second kappa shape index (κ2) is 10.5. The third-order valence-corrected chi connectivity index (χ3v) is 3.34. The molecule has 0 spiro atoms. The standard InChI is InChI=1S/C15H20O.C3H8O2.CH4/c1-2-3-9-15-14(10-11-16-15)12-13-7-5-4-6-8-13;1-3(2,4)5;/h2,4-8,14-15H,1,3,9-12H2;4-5H,1-2H3;1H4. The lowest BCUT2D eigenvalue weighted by atomic mass is 9.91. The quantitative estimate of drug-likeness (QED) is 0.640. The number of hydrogen-bond donors (Lipinski definition) is 2. The second-order valence-corrected chi connectivity index (χ2v) is 6.01. The van der Waals surface area contributed by atoms with E-state index < -0.39 is 5.79 Å². The smallest absolute Gasteiger partial charge is 0.156 e. The summed E-state index contributed by atoms with van der Waals surface area (Å²) in [5.74, 6) is -0.803. The molecule has 0 aromatic heterocycles. The van der Waals surface area contributed by atoms with E-state index in [1.807, 2.05) is 6.08 Å². The Morgan fingerprint density at radius 3 is 2.41 bits per heavy atom. The van der Waals surface area contributed by atoms with Gasteiger partial charge in [-0.2, -0.15) is 0 Å². The van der Waals surface area contributed by atoms with E-state index in [4.69, 9.17) is 14.9 Å². The zero-order chi connectivity index (χ0) is 15.7. The Morgan fingerprint density at radius 2 is 1.86 bits per heavy atom. The van der Waals surface area contributed by atoms with Gasteiger partial charge in [0.25, 0.3) is 0 Å². The van der Waals surface area contributed by atoms with Crippen molar-refractivity contribution in [3.05, 3.63) is 48.6 Å². The fourth-order valence-electron chi connectivity index (χ4n) is 2.44. The van der Waals surface area contributed by atoms with Crippen molar-refractivity contribution < 1.29 is 14.9 Å². The molecule has 1 fully saturated rings. The minimum atomic E-state index is -1.50. The first-order valence-electron chi connectivity index (χ1n) is 7.61. The van der Waals surface area contributed by atoms with Crippen molar-refractivity contribution in [3.8, 4) is 0 Å². The molecule has 1 aromatic carbocycles.